The summed E-state index contributed by atoms with van der Waals surface area (Å²) in [6.07, 6.45) is 1.55. The molecule has 12 heteroatoms. The zero-order valence-corrected chi connectivity index (χ0v) is 23.4. The van der Waals surface area contributed by atoms with Gasteiger partial charge in [-0.2, -0.15) is 0 Å². The van der Waals surface area contributed by atoms with E-state index < -0.39 is 22.5 Å². The van der Waals surface area contributed by atoms with Crippen molar-refractivity contribution < 1.29 is 28.3 Å². The summed E-state index contributed by atoms with van der Waals surface area (Å²) >= 11 is 1.12. The van der Waals surface area contributed by atoms with Gasteiger partial charge in [0.1, 0.15) is 29.1 Å². The first kappa shape index (κ1) is 27.6. The molecule has 0 amide bonds. The summed E-state index contributed by atoms with van der Waals surface area (Å²) in [7, 11) is 3.02. The fourth-order valence-electron chi connectivity index (χ4n) is 4.68. The van der Waals surface area contributed by atoms with Crippen molar-refractivity contribution in [1.29, 1.82) is 0 Å². The number of furan rings is 1. The van der Waals surface area contributed by atoms with Crippen LogP contribution in [-0.4, -0.2) is 36.3 Å². The van der Waals surface area contributed by atoms with E-state index in [9.17, 15) is 19.7 Å². The van der Waals surface area contributed by atoms with Crippen LogP contribution >= 0.6 is 11.3 Å². The third-order valence-electron chi connectivity index (χ3n) is 6.51. The number of methoxy groups -OCH3 is 2. The van der Waals surface area contributed by atoms with Crippen LogP contribution in [0.4, 0.5) is 5.69 Å². The number of allylic oxidation sites excluding steroid dienone is 1. The number of carbonyl (C=O) groups is 1. The number of nitro benzene ring substituents is 1. The van der Waals surface area contributed by atoms with Gasteiger partial charge in [0.15, 0.2) is 4.80 Å². The number of benzene rings is 2. The molecular weight excluding hydrogens is 550 g/mol. The van der Waals surface area contributed by atoms with Crippen LogP contribution < -0.4 is 24.4 Å². The second-order valence-corrected chi connectivity index (χ2v) is 9.90. The molecule has 11 nitrogen and oxygen atoms in total. The number of thiazole rings is 1. The Morgan fingerprint density at radius 3 is 2.66 bits per heavy atom. The number of fused-ring (bicyclic) bond motifs is 1. The Kier molecular flexibility index (Phi) is 7.58. The maximum absolute atomic E-state index is 13.9. The molecule has 210 valence electrons. The van der Waals surface area contributed by atoms with Crippen molar-refractivity contribution >= 4 is 29.1 Å². The SMILES string of the molecule is CCOC(=O)C1=C(C)N=c2s/c(=C\c3ccc(-c4ccccc4[N+](=O)[O-])o3)c(=O)n2[C@H]1c1cc(OC)ccc1OC. The molecule has 0 bridgehead atoms. The molecule has 0 N–H and O–H groups in total. The van der Waals surface area contributed by atoms with Gasteiger partial charge in [0.25, 0.3) is 11.2 Å². The highest BCUT2D eigenvalue weighted by Gasteiger charge is 2.35. The number of hydrogen-bond acceptors (Lipinski definition) is 10. The Balaban J connectivity index is 1.69. The molecule has 0 saturated heterocycles. The molecule has 2 aromatic carbocycles. The first-order valence-electron chi connectivity index (χ1n) is 12.5. The largest absolute Gasteiger partial charge is 0.497 e. The smallest absolute Gasteiger partial charge is 0.338 e. The van der Waals surface area contributed by atoms with E-state index in [1.807, 2.05) is 0 Å². The van der Waals surface area contributed by atoms with Gasteiger partial charge < -0.3 is 18.6 Å². The Bertz CT molecular complexity index is 1880. The summed E-state index contributed by atoms with van der Waals surface area (Å²) in [6.45, 7) is 3.53. The first-order chi connectivity index (χ1) is 19.8. The summed E-state index contributed by atoms with van der Waals surface area (Å²) in [4.78, 5) is 43.0. The summed E-state index contributed by atoms with van der Waals surface area (Å²) in [5.74, 6) is 0.968. The number of rotatable bonds is 8. The van der Waals surface area contributed by atoms with Crippen molar-refractivity contribution in [3.8, 4) is 22.8 Å². The number of nitro groups is 1. The summed E-state index contributed by atoms with van der Waals surface area (Å²) in [6, 6.07) is 13.7. The molecule has 0 unspecified atom stereocenters. The van der Waals surface area contributed by atoms with E-state index in [1.54, 1.807) is 68.5 Å². The molecular formula is C29H25N3O8S. The molecule has 0 fully saturated rings. The summed E-state index contributed by atoms with van der Waals surface area (Å²) in [5.41, 5.74) is 0.937. The molecule has 5 rings (SSSR count). The van der Waals surface area contributed by atoms with Crippen LogP contribution in [0.2, 0.25) is 0 Å². The van der Waals surface area contributed by atoms with Crippen molar-refractivity contribution in [3.63, 3.8) is 0 Å². The molecule has 41 heavy (non-hydrogen) atoms. The zero-order chi connectivity index (χ0) is 29.3. The summed E-state index contributed by atoms with van der Waals surface area (Å²) in [5, 5.41) is 11.5. The number of hydrogen-bond donors (Lipinski definition) is 0. The Labute approximate surface area is 237 Å². The molecule has 1 atom stereocenters. The minimum Gasteiger partial charge on any atom is -0.497 e. The first-order valence-corrected chi connectivity index (χ1v) is 13.3. The van der Waals surface area contributed by atoms with E-state index in [1.165, 1.54) is 24.9 Å². The van der Waals surface area contributed by atoms with Crippen LogP contribution in [0.15, 0.2) is 80.1 Å². The number of nitrogens with zero attached hydrogens (tertiary/aromatic N) is 3. The zero-order valence-electron chi connectivity index (χ0n) is 22.6. The van der Waals surface area contributed by atoms with Crippen LogP contribution in [0.1, 0.15) is 31.2 Å². The van der Waals surface area contributed by atoms with Crippen molar-refractivity contribution in [1.82, 2.24) is 4.57 Å². The fourth-order valence-corrected chi connectivity index (χ4v) is 5.71. The molecule has 1 aliphatic rings. The topological polar surface area (TPSA) is 135 Å². The van der Waals surface area contributed by atoms with Gasteiger partial charge in [-0.1, -0.05) is 23.5 Å². The van der Waals surface area contributed by atoms with Crippen LogP contribution in [0.3, 0.4) is 0 Å². The molecule has 0 spiro atoms. The van der Waals surface area contributed by atoms with Gasteiger partial charge in [0.2, 0.25) is 0 Å². The number of carbonyl (C=O) groups excluding carboxylic acids is 1. The Morgan fingerprint density at radius 1 is 1.17 bits per heavy atom. The van der Waals surface area contributed by atoms with Crippen LogP contribution in [0.25, 0.3) is 17.4 Å². The van der Waals surface area contributed by atoms with Crippen LogP contribution in [0.5, 0.6) is 11.5 Å². The fraction of sp³-hybridized carbons (Fsp3) is 0.207. The van der Waals surface area contributed by atoms with E-state index in [4.69, 9.17) is 18.6 Å². The maximum atomic E-state index is 13.9. The van der Waals surface area contributed by atoms with Gasteiger partial charge in [0, 0.05) is 17.7 Å². The van der Waals surface area contributed by atoms with Gasteiger partial charge in [-0.05, 0) is 50.2 Å². The minimum absolute atomic E-state index is 0.0954. The number of ether oxygens (including phenoxy) is 3. The molecule has 0 saturated carbocycles. The van der Waals surface area contributed by atoms with Gasteiger partial charge in [-0.3, -0.25) is 19.5 Å². The van der Waals surface area contributed by atoms with E-state index in [0.29, 0.717) is 38.9 Å². The molecule has 3 heterocycles. The van der Waals surface area contributed by atoms with E-state index in [2.05, 4.69) is 4.99 Å². The minimum atomic E-state index is -0.906. The lowest BCUT2D eigenvalue weighted by molar-refractivity contribution is -0.384. The van der Waals surface area contributed by atoms with Crippen molar-refractivity contribution in [2.75, 3.05) is 20.8 Å². The molecule has 1 aliphatic heterocycles. The molecule has 0 radical (unpaired) electrons. The van der Waals surface area contributed by atoms with Crippen LogP contribution in [0, 0.1) is 10.1 Å². The van der Waals surface area contributed by atoms with Gasteiger partial charge in [0.05, 0.1) is 47.1 Å². The third kappa shape index (κ3) is 5.05. The average molecular weight is 576 g/mol. The van der Waals surface area contributed by atoms with Crippen molar-refractivity contribution in [2.45, 2.75) is 19.9 Å². The molecule has 0 aliphatic carbocycles. The van der Waals surface area contributed by atoms with Crippen LogP contribution in [-0.2, 0) is 9.53 Å². The highest BCUT2D eigenvalue weighted by molar-refractivity contribution is 7.07. The van der Waals surface area contributed by atoms with E-state index in [0.717, 1.165) is 11.3 Å². The third-order valence-corrected chi connectivity index (χ3v) is 7.50. The predicted molar refractivity (Wildman–Crippen MR) is 151 cm³/mol. The average Bonchev–Trinajstić information content (AvgIpc) is 3.56. The predicted octanol–water partition coefficient (Wildman–Crippen LogP) is 3.98. The Morgan fingerprint density at radius 2 is 1.95 bits per heavy atom. The molecule has 4 aromatic rings. The lowest BCUT2D eigenvalue weighted by Crippen LogP contribution is -2.40. The van der Waals surface area contributed by atoms with Gasteiger partial charge in [-0.25, -0.2) is 9.79 Å². The monoisotopic (exact) mass is 575 g/mol. The standard InChI is InChI=1S/C29H25N3O8S/c1-5-39-28(34)25-16(2)30-29-31(26(25)20-14-17(37-3)10-12-22(20)38-4)27(33)24(41-29)15-18-11-13-23(40-18)19-8-6-7-9-21(19)32(35)36/h6-15,26H,5H2,1-4H3/b24-15-/t26-/m0/s1. The lowest BCUT2D eigenvalue weighted by Gasteiger charge is -2.26. The van der Waals surface area contributed by atoms with Gasteiger partial charge in [-0.15, -0.1) is 0 Å². The highest BCUT2D eigenvalue weighted by Crippen LogP contribution is 2.38. The van der Waals surface area contributed by atoms with E-state index in [-0.39, 0.29) is 28.2 Å². The van der Waals surface area contributed by atoms with E-state index >= 15 is 0 Å². The number of esters is 1. The second-order valence-electron chi connectivity index (χ2n) is 8.89. The Hall–Kier alpha value is -4.97. The number of aromatic nitrogens is 1. The highest BCUT2D eigenvalue weighted by atomic mass is 32.1. The maximum Gasteiger partial charge on any atom is 0.338 e. The summed E-state index contributed by atoms with van der Waals surface area (Å²) < 4.78 is 24.0. The van der Waals surface area contributed by atoms with Crippen molar-refractivity contribution in [2.24, 2.45) is 4.99 Å². The normalized spacial score (nSPS) is 14.8. The quantitative estimate of drug-likeness (QED) is 0.175. The lowest BCUT2D eigenvalue weighted by atomic mass is 9.95. The van der Waals surface area contributed by atoms with Crippen molar-refractivity contribution in [3.05, 3.63) is 107 Å². The van der Waals surface area contributed by atoms with Gasteiger partial charge >= 0.3 is 5.97 Å². The second kappa shape index (κ2) is 11.3. The molecule has 2 aromatic heterocycles. The number of para-hydroxylation sites is 1.